The van der Waals surface area contributed by atoms with Gasteiger partial charge in [0.1, 0.15) is 0 Å². The maximum absolute atomic E-state index is 4.27. The topological polar surface area (TPSA) is 0 Å². The van der Waals surface area contributed by atoms with Crippen LogP contribution in [0.1, 0.15) is 158 Å². The van der Waals surface area contributed by atoms with E-state index in [0.717, 1.165) is 36.5 Å². The van der Waals surface area contributed by atoms with Crippen LogP contribution in [0.15, 0.2) is 66.8 Å². The van der Waals surface area contributed by atoms with Crippen molar-refractivity contribution in [2.45, 2.75) is 140 Å². The summed E-state index contributed by atoms with van der Waals surface area (Å²) in [5, 5.41) is 0. The number of rotatable bonds is 6. The number of fused-ring (bicyclic) bond motifs is 2. The van der Waals surface area contributed by atoms with Gasteiger partial charge in [-0.05, 0) is 143 Å². The smallest absolute Gasteiger partial charge is 0.000174 e. The first kappa shape index (κ1) is 38.1. The van der Waals surface area contributed by atoms with E-state index in [9.17, 15) is 0 Å². The van der Waals surface area contributed by atoms with Crippen LogP contribution in [-0.2, 0) is 12.8 Å². The minimum Gasteiger partial charge on any atom is -0.0998 e. The van der Waals surface area contributed by atoms with Gasteiger partial charge in [0.05, 0.1) is 0 Å². The molecule has 2 saturated carbocycles. The van der Waals surface area contributed by atoms with Gasteiger partial charge in [-0.1, -0.05) is 160 Å². The maximum atomic E-state index is 4.27. The van der Waals surface area contributed by atoms with Crippen LogP contribution >= 0.6 is 0 Å². The molecule has 0 bridgehead atoms. The molecule has 0 nitrogen and oxygen atoms in total. The van der Waals surface area contributed by atoms with Gasteiger partial charge < -0.3 is 0 Å². The molecule has 50 heavy (non-hydrogen) atoms. The van der Waals surface area contributed by atoms with E-state index >= 15 is 0 Å². The molecule has 3 aromatic carbocycles. The molecule has 0 aromatic heterocycles. The summed E-state index contributed by atoms with van der Waals surface area (Å²) in [6.07, 6.45) is 16.9. The Kier molecular flexibility index (Phi) is 12.2. The summed E-state index contributed by atoms with van der Waals surface area (Å²) < 4.78 is 0. The summed E-state index contributed by atoms with van der Waals surface area (Å²) in [5.74, 6) is 4.19. The quantitative estimate of drug-likeness (QED) is 0.229. The van der Waals surface area contributed by atoms with Crippen molar-refractivity contribution < 1.29 is 0 Å². The lowest BCUT2D eigenvalue weighted by Crippen LogP contribution is -2.16. The van der Waals surface area contributed by atoms with Gasteiger partial charge in [-0.2, -0.15) is 0 Å². The molecule has 0 spiro atoms. The number of hydrogen-bond acceptors (Lipinski definition) is 0. The van der Waals surface area contributed by atoms with Crippen LogP contribution in [0, 0.1) is 42.9 Å². The van der Waals surface area contributed by atoms with Gasteiger partial charge in [0, 0.05) is 5.92 Å². The predicted molar refractivity (Wildman–Crippen MR) is 223 cm³/mol. The van der Waals surface area contributed by atoms with Crippen LogP contribution in [0.4, 0.5) is 0 Å². The molecule has 0 radical (unpaired) electrons. The van der Waals surface area contributed by atoms with E-state index in [4.69, 9.17) is 0 Å². The summed E-state index contributed by atoms with van der Waals surface area (Å²) in [6.45, 7) is 29.1. The first-order chi connectivity index (χ1) is 23.6. The Balaban J connectivity index is 0.000000345. The third kappa shape index (κ3) is 9.40. The van der Waals surface area contributed by atoms with Crippen molar-refractivity contribution in [2.75, 3.05) is 0 Å². The minimum atomic E-state index is 0.500. The fourth-order valence-electron chi connectivity index (χ4n) is 8.35. The number of benzene rings is 3. The molecule has 0 amide bonds. The van der Waals surface area contributed by atoms with Gasteiger partial charge in [-0.15, -0.1) is 0 Å². The third-order valence-electron chi connectivity index (χ3n) is 11.5. The average molecular weight is 669 g/mol. The Bertz CT molecular complexity index is 1690. The van der Waals surface area contributed by atoms with Crippen molar-refractivity contribution in [1.82, 2.24) is 0 Å². The Hall–Kier alpha value is -3.12. The normalized spacial score (nSPS) is 21.2. The molecule has 3 aromatic rings. The summed E-state index contributed by atoms with van der Waals surface area (Å²) in [6, 6.07) is 18.9. The third-order valence-corrected chi connectivity index (χ3v) is 11.5. The van der Waals surface area contributed by atoms with Crippen LogP contribution in [0.2, 0.25) is 0 Å². The van der Waals surface area contributed by atoms with E-state index in [0.29, 0.717) is 11.3 Å². The van der Waals surface area contributed by atoms with Crippen molar-refractivity contribution in [3.8, 4) is 11.1 Å². The van der Waals surface area contributed by atoms with E-state index in [1.165, 1.54) is 112 Å². The largest absolute Gasteiger partial charge is 0.0998 e. The second-order valence-corrected chi connectivity index (χ2v) is 18.6. The van der Waals surface area contributed by atoms with Crippen LogP contribution < -0.4 is 0 Å². The zero-order chi connectivity index (χ0) is 36.3. The number of allylic oxidation sites excluding steroid dienone is 4. The van der Waals surface area contributed by atoms with E-state index in [2.05, 4.69) is 143 Å². The molecular weight excluding hydrogens is 601 g/mol. The molecule has 2 fully saturated rings. The summed E-state index contributed by atoms with van der Waals surface area (Å²) >= 11 is 0. The van der Waals surface area contributed by atoms with Crippen LogP contribution in [-0.4, -0.2) is 0 Å². The zero-order valence-electron chi connectivity index (χ0n) is 33.7. The molecule has 268 valence electrons. The van der Waals surface area contributed by atoms with Crippen LogP contribution in [0.5, 0.6) is 0 Å². The molecule has 1 unspecified atom stereocenters. The second kappa shape index (κ2) is 16.0. The highest BCUT2D eigenvalue weighted by atomic mass is 14.3. The van der Waals surface area contributed by atoms with Crippen molar-refractivity contribution in [1.29, 1.82) is 0 Å². The molecule has 0 saturated heterocycles. The molecule has 0 aliphatic heterocycles. The lowest BCUT2D eigenvalue weighted by atomic mass is 9.77. The predicted octanol–water partition coefficient (Wildman–Crippen LogP) is 15.0. The zero-order valence-corrected chi connectivity index (χ0v) is 33.7. The Morgan fingerprint density at radius 2 is 1.46 bits per heavy atom. The van der Waals surface area contributed by atoms with E-state index in [1.807, 2.05) is 0 Å². The van der Waals surface area contributed by atoms with Gasteiger partial charge in [0.15, 0.2) is 0 Å². The van der Waals surface area contributed by atoms with Gasteiger partial charge >= 0.3 is 0 Å². The lowest BCUT2D eigenvalue weighted by Gasteiger charge is -2.28. The molecule has 4 aliphatic carbocycles. The van der Waals surface area contributed by atoms with Gasteiger partial charge in [0.2, 0.25) is 0 Å². The van der Waals surface area contributed by atoms with E-state index in [1.54, 1.807) is 5.57 Å². The standard InChI is InChI=1S/C38H42.C7H14.C5H12/c1-23(2)17-34-26(5)18-32-20-31(22-36(32)38(34)29-13-9-25(4)10-14-29)30-15-16-33-27(6)19-35(37(33)21-30)28-11-7-24(3)8-12-28;1-6(2)7-4-3-5-7;1-5(2,3)4/h9-10,13-16,18-21,24,27-28H,1,7-8,11-12,17,22H2,2-6H3;6-7H,3-5H2,1-2H3;1-4H3. The van der Waals surface area contributed by atoms with Crippen molar-refractivity contribution >= 4 is 17.2 Å². The van der Waals surface area contributed by atoms with Gasteiger partial charge in [0.25, 0.3) is 0 Å². The Morgan fingerprint density at radius 3 is 2.00 bits per heavy atom. The van der Waals surface area contributed by atoms with E-state index < -0.39 is 0 Å². The van der Waals surface area contributed by atoms with Crippen molar-refractivity contribution in [3.05, 3.63) is 111 Å². The van der Waals surface area contributed by atoms with Gasteiger partial charge in [-0.3, -0.25) is 0 Å². The van der Waals surface area contributed by atoms with Crippen LogP contribution in [0.3, 0.4) is 0 Å². The van der Waals surface area contributed by atoms with Crippen LogP contribution in [0.25, 0.3) is 28.3 Å². The molecule has 0 heteroatoms. The van der Waals surface area contributed by atoms with E-state index in [-0.39, 0.29) is 0 Å². The lowest BCUT2D eigenvalue weighted by molar-refractivity contribution is 0.235. The Labute approximate surface area is 307 Å². The highest BCUT2D eigenvalue weighted by Crippen LogP contribution is 2.47. The second-order valence-electron chi connectivity index (χ2n) is 18.6. The van der Waals surface area contributed by atoms with Gasteiger partial charge in [-0.25, -0.2) is 0 Å². The molecule has 0 heterocycles. The summed E-state index contributed by atoms with van der Waals surface area (Å²) in [7, 11) is 0. The van der Waals surface area contributed by atoms with Crippen molar-refractivity contribution in [2.24, 2.45) is 29.1 Å². The Morgan fingerprint density at radius 1 is 0.840 bits per heavy atom. The maximum Gasteiger partial charge on any atom is 0.000174 e. The average Bonchev–Trinajstić information content (AvgIpc) is 3.57. The molecule has 0 N–H and O–H groups in total. The molecular formula is C50H68. The summed E-state index contributed by atoms with van der Waals surface area (Å²) in [5.41, 5.74) is 19.0. The molecule has 1 atom stereocenters. The highest BCUT2D eigenvalue weighted by molar-refractivity contribution is 5.94. The van der Waals surface area contributed by atoms with Crippen molar-refractivity contribution in [3.63, 3.8) is 0 Å². The molecule has 4 aliphatic rings. The number of aryl methyl sites for hydroxylation is 2. The monoisotopic (exact) mass is 669 g/mol. The summed E-state index contributed by atoms with van der Waals surface area (Å²) in [4.78, 5) is 0. The fourth-order valence-corrected chi connectivity index (χ4v) is 8.35. The molecule has 7 rings (SSSR count). The fraction of sp³-hybridized carbons (Fsp3) is 0.520. The first-order valence-electron chi connectivity index (χ1n) is 20.0. The minimum absolute atomic E-state index is 0.500. The number of hydrogen-bond donors (Lipinski definition) is 0. The SMILES string of the molecule is C=C(C)Cc1c(C)cc2c(c1-c1ccc(C)cc1)CC(c1ccc3c(c1)C(C1CCC(C)CC1)=CC3C)=C2.CC(C)(C)C.CC(C)C1CCC1. The highest BCUT2D eigenvalue weighted by Gasteiger charge is 2.30. The first-order valence-corrected chi connectivity index (χ1v) is 20.0.